The number of carbonyl (C=O) groups excluding carboxylic acids is 1. The standard InChI is InChI=1S/C25H22N2O4/c1-17-13-14-30-23(17)25(28)27-26-15-19-9-6-12-22(29-2)24(19)31-16-20-10-5-8-18-7-3-4-11-21(18)20/h3-15H,16H2,1-2H3,(H,27,28)/b26-15-. The van der Waals surface area contributed by atoms with Gasteiger partial charge >= 0.3 is 5.91 Å². The van der Waals surface area contributed by atoms with Crippen molar-refractivity contribution >= 4 is 22.9 Å². The molecule has 4 aromatic rings. The second kappa shape index (κ2) is 9.17. The monoisotopic (exact) mass is 414 g/mol. The molecule has 0 aliphatic rings. The van der Waals surface area contributed by atoms with Gasteiger partial charge in [-0.3, -0.25) is 4.79 Å². The number of aryl methyl sites for hydroxylation is 1. The Morgan fingerprint density at radius 2 is 1.87 bits per heavy atom. The summed E-state index contributed by atoms with van der Waals surface area (Å²) in [6.45, 7) is 2.16. The summed E-state index contributed by atoms with van der Waals surface area (Å²) in [4.78, 5) is 12.2. The van der Waals surface area contributed by atoms with Crippen LogP contribution in [0, 0.1) is 6.92 Å². The first-order chi connectivity index (χ1) is 15.2. The molecule has 0 fully saturated rings. The Morgan fingerprint density at radius 3 is 2.68 bits per heavy atom. The lowest BCUT2D eigenvalue weighted by atomic mass is 10.1. The van der Waals surface area contributed by atoms with Gasteiger partial charge in [-0.05, 0) is 41.5 Å². The number of nitrogens with one attached hydrogen (secondary N) is 1. The molecule has 6 heteroatoms. The summed E-state index contributed by atoms with van der Waals surface area (Å²) in [5.41, 5.74) is 4.96. The van der Waals surface area contributed by atoms with E-state index in [2.05, 4.69) is 28.7 Å². The van der Waals surface area contributed by atoms with E-state index < -0.39 is 5.91 Å². The Morgan fingerprint density at radius 1 is 1.06 bits per heavy atom. The molecule has 3 aromatic carbocycles. The van der Waals surface area contributed by atoms with Gasteiger partial charge in [0, 0.05) is 11.1 Å². The van der Waals surface area contributed by atoms with Crippen molar-refractivity contribution in [2.24, 2.45) is 5.10 Å². The van der Waals surface area contributed by atoms with Crippen LogP contribution in [-0.2, 0) is 6.61 Å². The zero-order valence-corrected chi connectivity index (χ0v) is 17.3. The molecule has 156 valence electrons. The highest BCUT2D eigenvalue weighted by Crippen LogP contribution is 2.31. The minimum Gasteiger partial charge on any atom is -0.493 e. The summed E-state index contributed by atoms with van der Waals surface area (Å²) in [6.07, 6.45) is 2.99. The van der Waals surface area contributed by atoms with E-state index in [1.54, 1.807) is 20.1 Å². The molecule has 1 heterocycles. The maximum Gasteiger partial charge on any atom is 0.307 e. The van der Waals surface area contributed by atoms with Gasteiger partial charge in [0.2, 0.25) is 0 Å². The van der Waals surface area contributed by atoms with Crippen LogP contribution in [0.15, 0.2) is 82.5 Å². The summed E-state index contributed by atoms with van der Waals surface area (Å²) in [5, 5.41) is 6.35. The van der Waals surface area contributed by atoms with E-state index in [1.165, 1.54) is 12.5 Å². The summed E-state index contributed by atoms with van der Waals surface area (Å²) in [6, 6.07) is 21.5. The third-order valence-corrected chi connectivity index (χ3v) is 4.92. The number of amides is 1. The molecule has 0 atom stereocenters. The zero-order valence-electron chi connectivity index (χ0n) is 17.3. The number of rotatable bonds is 7. The largest absolute Gasteiger partial charge is 0.493 e. The van der Waals surface area contributed by atoms with Crippen LogP contribution in [-0.4, -0.2) is 19.2 Å². The number of nitrogens with zero attached hydrogens (tertiary/aromatic N) is 1. The van der Waals surface area contributed by atoms with Crippen LogP contribution in [0.5, 0.6) is 11.5 Å². The van der Waals surface area contributed by atoms with Gasteiger partial charge in [-0.2, -0.15) is 5.10 Å². The van der Waals surface area contributed by atoms with Gasteiger partial charge in [0.25, 0.3) is 0 Å². The first-order valence-electron chi connectivity index (χ1n) is 9.81. The van der Waals surface area contributed by atoms with Crippen molar-refractivity contribution in [1.82, 2.24) is 5.43 Å². The van der Waals surface area contributed by atoms with Crippen LogP contribution in [0.2, 0.25) is 0 Å². The molecule has 0 aliphatic carbocycles. The number of carbonyl (C=O) groups is 1. The van der Waals surface area contributed by atoms with Crippen molar-refractivity contribution in [3.05, 3.63) is 95.4 Å². The van der Waals surface area contributed by atoms with Gasteiger partial charge in [0.15, 0.2) is 17.3 Å². The Labute approximate surface area is 180 Å². The third-order valence-electron chi connectivity index (χ3n) is 4.92. The number of hydrogen-bond acceptors (Lipinski definition) is 5. The third kappa shape index (κ3) is 4.43. The lowest BCUT2D eigenvalue weighted by Gasteiger charge is -2.14. The number of benzene rings is 3. The van der Waals surface area contributed by atoms with Crippen molar-refractivity contribution in [1.29, 1.82) is 0 Å². The van der Waals surface area contributed by atoms with Gasteiger partial charge in [-0.25, -0.2) is 5.43 Å². The smallest absolute Gasteiger partial charge is 0.307 e. The zero-order chi connectivity index (χ0) is 21.6. The van der Waals surface area contributed by atoms with Crippen molar-refractivity contribution in [2.45, 2.75) is 13.5 Å². The maximum absolute atomic E-state index is 12.2. The summed E-state index contributed by atoms with van der Waals surface area (Å²) in [5.74, 6) is 0.942. The molecule has 31 heavy (non-hydrogen) atoms. The van der Waals surface area contributed by atoms with E-state index in [9.17, 15) is 4.79 Å². The molecule has 0 bridgehead atoms. The van der Waals surface area contributed by atoms with E-state index in [4.69, 9.17) is 13.9 Å². The lowest BCUT2D eigenvalue weighted by Crippen LogP contribution is -2.17. The highest BCUT2D eigenvalue weighted by atomic mass is 16.5. The lowest BCUT2D eigenvalue weighted by molar-refractivity contribution is 0.0926. The molecule has 0 saturated carbocycles. The van der Waals surface area contributed by atoms with Crippen LogP contribution in [0.1, 0.15) is 27.2 Å². The fraction of sp³-hybridized carbons (Fsp3) is 0.120. The van der Waals surface area contributed by atoms with Gasteiger partial charge < -0.3 is 13.9 Å². The van der Waals surface area contributed by atoms with Crippen molar-refractivity contribution in [2.75, 3.05) is 7.11 Å². The Hall–Kier alpha value is -4.06. The van der Waals surface area contributed by atoms with Crippen molar-refractivity contribution in [3.63, 3.8) is 0 Å². The van der Waals surface area contributed by atoms with Crippen LogP contribution >= 0.6 is 0 Å². The molecule has 1 N–H and O–H groups in total. The van der Waals surface area contributed by atoms with E-state index in [-0.39, 0.29) is 5.76 Å². The fourth-order valence-corrected chi connectivity index (χ4v) is 3.33. The number of furan rings is 1. The quantitative estimate of drug-likeness (QED) is 0.338. The molecule has 1 amide bonds. The minimum absolute atomic E-state index is 0.232. The first-order valence-corrected chi connectivity index (χ1v) is 9.81. The minimum atomic E-state index is -0.417. The average Bonchev–Trinajstić information content (AvgIpc) is 3.23. The number of hydrazone groups is 1. The van der Waals surface area contributed by atoms with E-state index in [1.807, 2.05) is 42.5 Å². The number of para-hydroxylation sites is 1. The molecule has 0 unspecified atom stereocenters. The molecule has 0 saturated heterocycles. The summed E-state index contributed by atoms with van der Waals surface area (Å²) < 4.78 is 16.8. The summed E-state index contributed by atoms with van der Waals surface area (Å²) in [7, 11) is 1.59. The molecule has 6 nitrogen and oxygen atoms in total. The second-order valence-electron chi connectivity index (χ2n) is 6.94. The molecule has 0 spiro atoms. The maximum atomic E-state index is 12.2. The fourth-order valence-electron chi connectivity index (χ4n) is 3.33. The van der Waals surface area contributed by atoms with Crippen molar-refractivity contribution < 1.29 is 18.7 Å². The average molecular weight is 414 g/mol. The Kier molecular flexibility index (Phi) is 5.98. The molecule has 0 radical (unpaired) electrons. The first kappa shape index (κ1) is 20.2. The summed E-state index contributed by atoms with van der Waals surface area (Å²) >= 11 is 0. The van der Waals surface area contributed by atoms with Crippen LogP contribution in [0.4, 0.5) is 0 Å². The van der Waals surface area contributed by atoms with Crippen LogP contribution < -0.4 is 14.9 Å². The SMILES string of the molecule is COc1cccc(/C=N\NC(=O)c2occc2C)c1OCc1cccc2ccccc12. The predicted molar refractivity (Wildman–Crippen MR) is 120 cm³/mol. The van der Waals surface area contributed by atoms with E-state index in [0.717, 1.165) is 21.9 Å². The van der Waals surface area contributed by atoms with Gasteiger partial charge in [0.05, 0.1) is 19.6 Å². The van der Waals surface area contributed by atoms with E-state index in [0.29, 0.717) is 23.7 Å². The Bertz CT molecular complexity index is 1240. The molecular formula is C25H22N2O4. The van der Waals surface area contributed by atoms with Gasteiger partial charge in [0.1, 0.15) is 6.61 Å². The number of ether oxygens (including phenoxy) is 2. The molecular weight excluding hydrogens is 392 g/mol. The molecule has 4 rings (SSSR count). The van der Waals surface area contributed by atoms with Crippen molar-refractivity contribution in [3.8, 4) is 11.5 Å². The Balaban J connectivity index is 1.55. The van der Waals surface area contributed by atoms with Gasteiger partial charge in [-0.15, -0.1) is 0 Å². The number of methoxy groups -OCH3 is 1. The van der Waals surface area contributed by atoms with E-state index >= 15 is 0 Å². The topological polar surface area (TPSA) is 73.1 Å². The van der Waals surface area contributed by atoms with Gasteiger partial charge in [-0.1, -0.05) is 48.5 Å². The highest BCUT2D eigenvalue weighted by molar-refractivity contribution is 5.94. The molecule has 1 aromatic heterocycles. The number of hydrogen-bond donors (Lipinski definition) is 1. The second-order valence-corrected chi connectivity index (χ2v) is 6.94. The predicted octanol–water partition coefficient (Wildman–Crippen LogP) is 5.09. The van der Waals surface area contributed by atoms with Crippen LogP contribution in [0.3, 0.4) is 0 Å². The number of fused-ring (bicyclic) bond motifs is 1. The normalized spacial score (nSPS) is 11.0. The molecule has 0 aliphatic heterocycles. The highest BCUT2D eigenvalue weighted by Gasteiger charge is 2.13. The van der Waals surface area contributed by atoms with Crippen LogP contribution in [0.25, 0.3) is 10.8 Å².